The van der Waals surface area contributed by atoms with E-state index in [0.717, 1.165) is 68.0 Å². The molecule has 0 saturated heterocycles. The van der Waals surface area contributed by atoms with Gasteiger partial charge in [0.1, 0.15) is 23.3 Å². The van der Waals surface area contributed by atoms with E-state index < -0.39 is 23.8 Å². The highest BCUT2D eigenvalue weighted by molar-refractivity contribution is 5.91. The second kappa shape index (κ2) is 15.3. The molecular weight excluding hydrogens is 554 g/mol. The molecule has 0 spiro atoms. The lowest BCUT2D eigenvalue weighted by Gasteiger charge is -2.43. The van der Waals surface area contributed by atoms with E-state index in [1.54, 1.807) is 13.2 Å². The summed E-state index contributed by atoms with van der Waals surface area (Å²) in [5.41, 5.74) is 1.03. The molecule has 4 rings (SSSR count). The molecule has 2 heterocycles. The van der Waals surface area contributed by atoms with Crippen LogP contribution in [-0.2, 0) is 20.9 Å². The smallest absolute Gasteiger partial charge is 0.410 e. The Morgan fingerprint density at radius 1 is 1.02 bits per heavy atom. The van der Waals surface area contributed by atoms with E-state index in [0.29, 0.717) is 24.8 Å². The van der Waals surface area contributed by atoms with Gasteiger partial charge in [-0.2, -0.15) is 0 Å². The third kappa shape index (κ3) is 8.75. The molecule has 0 aromatic carbocycles. The Bertz CT molecular complexity index is 1220. The van der Waals surface area contributed by atoms with Gasteiger partial charge in [-0.15, -0.1) is 0 Å². The number of rotatable bonds is 11. The molecule has 3 N–H and O–H groups in total. The van der Waals surface area contributed by atoms with Gasteiger partial charge in [-0.25, -0.2) is 9.78 Å². The molecule has 2 aromatic heterocycles. The molecule has 3 atom stereocenters. The monoisotopic (exact) mass is 609 g/mol. The maximum Gasteiger partial charge on any atom is 0.410 e. The van der Waals surface area contributed by atoms with Crippen molar-refractivity contribution in [2.75, 3.05) is 7.05 Å². The van der Waals surface area contributed by atoms with Crippen LogP contribution < -0.4 is 10.6 Å². The number of H-pyrrole nitrogens is 1. The van der Waals surface area contributed by atoms with E-state index in [4.69, 9.17) is 4.74 Å². The molecule has 2 aliphatic rings. The lowest BCUT2D eigenvalue weighted by molar-refractivity contribution is -0.135. The molecule has 0 radical (unpaired) electrons. The van der Waals surface area contributed by atoms with Gasteiger partial charge in [-0.1, -0.05) is 84.5 Å². The third-order valence-corrected chi connectivity index (χ3v) is 9.83. The van der Waals surface area contributed by atoms with Crippen LogP contribution in [0.1, 0.15) is 111 Å². The van der Waals surface area contributed by atoms with Crippen molar-refractivity contribution in [2.45, 2.75) is 129 Å². The van der Waals surface area contributed by atoms with Gasteiger partial charge in [0.15, 0.2) is 0 Å². The van der Waals surface area contributed by atoms with Gasteiger partial charge in [0.05, 0.1) is 0 Å². The summed E-state index contributed by atoms with van der Waals surface area (Å²) in [5, 5.41) is 7.43. The van der Waals surface area contributed by atoms with Crippen LogP contribution in [-0.4, -0.2) is 57.5 Å². The average Bonchev–Trinajstić information content (AvgIpc) is 3.48. The summed E-state index contributed by atoms with van der Waals surface area (Å²) in [4.78, 5) is 50.7. The minimum absolute atomic E-state index is 0.0502. The van der Waals surface area contributed by atoms with Crippen LogP contribution >= 0.6 is 0 Å². The first-order valence-electron chi connectivity index (χ1n) is 16.9. The molecule has 3 amide bonds. The molecule has 44 heavy (non-hydrogen) atoms. The van der Waals surface area contributed by atoms with Gasteiger partial charge in [-0.3, -0.25) is 14.5 Å². The molecule has 2 saturated carbocycles. The number of hydrogen-bond donors (Lipinski definition) is 3. The molecule has 1 unspecified atom stereocenters. The number of carbonyl (C=O) groups is 3. The molecule has 0 aliphatic heterocycles. The Hall–Kier alpha value is -3.10. The molecule has 9 heteroatoms. The fourth-order valence-electron chi connectivity index (χ4n) is 7.41. The number of aromatic amines is 1. The maximum absolute atomic E-state index is 14.3. The largest absolute Gasteiger partial charge is 0.444 e. The summed E-state index contributed by atoms with van der Waals surface area (Å²) in [7, 11) is 1.63. The van der Waals surface area contributed by atoms with Crippen LogP contribution in [0.3, 0.4) is 0 Å². The minimum Gasteiger partial charge on any atom is -0.444 e. The molecular formula is C35H55N5O4. The average molecular weight is 610 g/mol. The van der Waals surface area contributed by atoms with Crippen molar-refractivity contribution in [3.8, 4) is 0 Å². The highest BCUT2D eigenvalue weighted by atomic mass is 16.6. The summed E-state index contributed by atoms with van der Waals surface area (Å²) in [6.45, 7) is 9.78. The fraction of sp³-hybridized carbons (Fsp3) is 0.714. The standard InChI is InChI=1S/C35H55N5O4/c1-7-23(2)30(40(6)34(43)44-35(3,4)5)33(42)39-29(28(25-14-10-8-11-15-25)26-16-12-9-13-17-26)32(41)38-22-24-20-27-18-19-36-31(27)37-21-24/h18-21,23,25-26,28-30H,7-17,22H2,1-6H3,(H,36,37)(H,38,41)(H,39,42)/t23-,29+,30?/m0/s1. The Labute approximate surface area is 263 Å². The van der Waals surface area contributed by atoms with Crippen molar-refractivity contribution in [3.05, 3.63) is 30.1 Å². The predicted octanol–water partition coefficient (Wildman–Crippen LogP) is 6.72. The van der Waals surface area contributed by atoms with Gasteiger partial charge in [0.25, 0.3) is 0 Å². The normalized spacial score (nSPS) is 18.9. The van der Waals surface area contributed by atoms with Crippen LogP contribution in [0, 0.1) is 23.7 Å². The van der Waals surface area contributed by atoms with Crippen molar-refractivity contribution >= 4 is 28.9 Å². The van der Waals surface area contributed by atoms with Crippen molar-refractivity contribution in [3.63, 3.8) is 0 Å². The zero-order valence-electron chi connectivity index (χ0n) is 27.8. The van der Waals surface area contributed by atoms with E-state index in [2.05, 4.69) is 20.6 Å². The number of nitrogens with one attached hydrogen (secondary N) is 3. The van der Waals surface area contributed by atoms with Gasteiger partial charge < -0.3 is 20.4 Å². The van der Waals surface area contributed by atoms with Crippen molar-refractivity contribution in [1.82, 2.24) is 25.5 Å². The van der Waals surface area contributed by atoms with Crippen LogP contribution in [0.2, 0.25) is 0 Å². The Balaban J connectivity index is 1.63. The summed E-state index contributed by atoms with van der Waals surface area (Å²) in [5.74, 6) is 0.238. The third-order valence-electron chi connectivity index (χ3n) is 9.83. The van der Waals surface area contributed by atoms with Gasteiger partial charge in [0, 0.05) is 31.4 Å². The van der Waals surface area contributed by atoms with Gasteiger partial charge >= 0.3 is 6.09 Å². The summed E-state index contributed by atoms with van der Waals surface area (Å²) in [6.07, 6.45) is 15.2. The maximum atomic E-state index is 14.3. The van der Waals surface area contributed by atoms with Crippen LogP contribution in [0.4, 0.5) is 4.79 Å². The highest BCUT2D eigenvalue weighted by Gasteiger charge is 2.43. The highest BCUT2D eigenvalue weighted by Crippen LogP contribution is 2.42. The second-order valence-electron chi connectivity index (χ2n) is 14.3. The fourth-order valence-corrected chi connectivity index (χ4v) is 7.41. The van der Waals surface area contributed by atoms with Crippen molar-refractivity contribution in [1.29, 1.82) is 0 Å². The number of pyridine rings is 1. The molecule has 244 valence electrons. The Morgan fingerprint density at radius 3 is 2.20 bits per heavy atom. The number of likely N-dealkylation sites (N-methyl/N-ethyl adjacent to an activating group) is 1. The number of hydrogen-bond acceptors (Lipinski definition) is 5. The SMILES string of the molecule is CC[C@H](C)C(C(=O)N[C@@H](C(=O)NCc1cnc2[nH]ccc2c1)C(C1CCCCC1)C1CCCCC1)N(C)C(=O)OC(C)(C)C. The molecule has 0 bridgehead atoms. The van der Waals surface area contributed by atoms with Gasteiger partial charge in [-0.05, 0) is 62.1 Å². The minimum atomic E-state index is -0.760. The van der Waals surface area contributed by atoms with E-state index in [9.17, 15) is 14.4 Å². The lowest BCUT2D eigenvalue weighted by atomic mass is 9.66. The number of aromatic nitrogens is 2. The zero-order chi connectivity index (χ0) is 31.9. The number of nitrogens with zero attached hydrogens (tertiary/aromatic N) is 2. The molecule has 2 aliphatic carbocycles. The first-order valence-corrected chi connectivity index (χ1v) is 16.9. The van der Waals surface area contributed by atoms with Crippen LogP contribution in [0.15, 0.2) is 24.5 Å². The predicted molar refractivity (Wildman–Crippen MR) is 174 cm³/mol. The number of fused-ring (bicyclic) bond motifs is 1. The zero-order valence-corrected chi connectivity index (χ0v) is 27.8. The molecule has 2 aromatic rings. The summed E-state index contributed by atoms with van der Waals surface area (Å²) >= 11 is 0. The Morgan fingerprint density at radius 2 is 1.64 bits per heavy atom. The van der Waals surface area contributed by atoms with E-state index in [1.165, 1.54) is 17.7 Å². The summed E-state index contributed by atoms with van der Waals surface area (Å²) < 4.78 is 5.65. The number of ether oxygens (including phenoxy) is 1. The Kier molecular flexibility index (Phi) is 11.7. The van der Waals surface area contributed by atoms with E-state index in [-0.39, 0.29) is 23.7 Å². The van der Waals surface area contributed by atoms with Crippen LogP contribution in [0.5, 0.6) is 0 Å². The van der Waals surface area contributed by atoms with E-state index >= 15 is 0 Å². The van der Waals surface area contributed by atoms with E-state index in [1.807, 2.05) is 52.9 Å². The first-order chi connectivity index (χ1) is 21.0. The second-order valence-corrected chi connectivity index (χ2v) is 14.3. The van der Waals surface area contributed by atoms with Crippen molar-refractivity contribution < 1.29 is 19.1 Å². The van der Waals surface area contributed by atoms with Crippen molar-refractivity contribution in [2.24, 2.45) is 23.7 Å². The first kappa shape index (κ1) is 33.8. The molecule has 2 fully saturated rings. The lowest BCUT2D eigenvalue weighted by Crippen LogP contribution is -2.60. The van der Waals surface area contributed by atoms with Gasteiger partial charge in [0.2, 0.25) is 11.8 Å². The number of carbonyl (C=O) groups excluding carboxylic acids is 3. The van der Waals surface area contributed by atoms with Crippen LogP contribution in [0.25, 0.3) is 11.0 Å². The number of amides is 3. The summed E-state index contributed by atoms with van der Waals surface area (Å²) in [6, 6.07) is 2.55. The quantitative estimate of drug-likeness (QED) is 0.261. The molecule has 9 nitrogen and oxygen atoms in total. The topological polar surface area (TPSA) is 116 Å².